The molecule has 8 heteroatoms. The first kappa shape index (κ1) is 19.3. The van der Waals surface area contributed by atoms with Gasteiger partial charge >= 0.3 is 0 Å². The van der Waals surface area contributed by atoms with Gasteiger partial charge < -0.3 is 14.8 Å². The van der Waals surface area contributed by atoms with Gasteiger partial charge in [-0.1, -0.05) is 12.1 Å². The van der Waals surface area contributed by atoms with Crippen molar-refractivity contribution in [1.82, 2.24) is 4.72 Å². The first-order chi connectivity index (χ1) is 13.0. The lowest BCUT2D eigenvalue weighted by molar-refractivity contribution is 0.102. The Morgan fingerprint density at radius 3 is 2.78 bits per heavy atom. The van der Waals surface area contributed by atoms with Crippen LogP contribution < -0.4 is 14.8 Å². The third kappa shape index (κ3) is 5.06. The first-order valence-corrected chi connectivity index (χ1v) is 10.1. The quantitative estimate of drug-likeness (QED) is 0.757. The molecule has 0 bridgehead atoms. The SMILES string of the molecule is COc1cccc(NC(=O)c2cccc(S(=O)(=O)NCC3CCCO3)c2)c1. The highest BCUT2D eigenvalue weighted by atomic mass is 32.2. The molecule has 1 saturated heterocycles. The Labute approximate surface area is 158 Å². The smallest absolute Gasteiger partial charge is 0.255 e. The van der Waals surface area contributed by atoms with E-state index in [0.29, 0.717) is 18.0 Å². The molecule has 2 N–H and O–H groups in total. The average molecular weight is 390 g/mol. The van der Waals surface area contributed by atoms with Gasteiger partial charge in [-0.05, 0) is 43.2 Å². The first-order valence-electron chi connectivity index (χ1n) is 8.65. The van der Waals surface area contributed by atoms with Crippen LogP contribution in [0.25, 0.3) is 0 Å². The standard InChI is InChI=1S/C19H22N2O5S/c1-25-16-7-3-6-15(12-16)21-19(22)14-5-2-9-18(11-14)27(23,24)20-13-17-8-4-10-26-17/h2-3,5-7,9,11-12,17,20H,4,8,10,13H2,1H3,(H,21,22). The monoisotopic (exact) mass is 390 g/mol. The fraction of sp³-hybridized carbons (Fsp3) is 0.316. The van der Waals surface area contributed by atoms with E-state index >= 15 is 0 Å². The Balaban J connectivity index is 1.70. The second-order valence-corrected chi connectivity index (χ2v) is 7.97. The maximum absolute atomic E-state index is 12.5. The summed E-state index contributed by atoms with van der Waals surface area (Å²) in [6, 6.07) is 12.8. The van der Waals surface area contributed by atoms with Crippen LogP contribution in [0.1, 0.15) is 23.2 Å². The van der Waals surface area contributed by atoms with Crippen LogP contribution >= 0.6 is 0 Å². The maximum atomic E-state index is 12.5. The minimum atomic E-state index is -3.72. The molecule has 1 aliphatic heterocycles. The summed E-state index contributed by atoms with van der Waals surface area (Å²) in [5.74, 6) is 0.210. The Morgan fingerprint density at radius 2 is 2.04 bits per heavy atom. The summed E-state index contributed by atoms with van der Waals surface area (Å²) >= 11 is 0. The van der Waals surface area contributed by atoms with Crippen molar-refractivity contribution < 1.29 is 22.7 Å². The van der Waals surface area contributed by atoms with E-state index in [1.165, 1.54) is 12.1 Å². The zero-order valence-electron chi connectivity index (χ0n) is 15.0. The van der Waals surface area contributed by atoms with Crippen molar-refractivity contribution in [2.75, 3.05) is 25.6 Å². The molecule has 0 saturated carbocycles. The fourth-order valence-electron chi connectivity index (χ4n) is 2.80. The normalized spacial score (nSPS) is 16.9. The van der Waals surface area contributed by atoms with Crippen LogP contribution in [0.2, 0.25) is 0 Å². The second kappa shape index (κ2) is 8.51. The minimum Gasteiger partial charge on any atom is -0.497 e. The fourth-order valence-corrected chi connectivity index (χ4v) is 3.91. The number of carbonyl (C=O) groups is 1. The van der Waals surface area contributed by atoms with E-state index in [2.05, 4.69) is 10.0 Å². The zero-order valence-corrected chi connectivity index (χ0v) is 15.8. The van der Waals surface area contributed by atoms with Gasteiger partial charge in [0.2, 0.25) is 10.0 Å². The average Bonchev–Trinajstić information content (AvgIpc) is 3.20. The van der Waals surface area contributed by atoms with E-state index < -0.39 is 15.9 Å². The summed E-state index contributed by atoms with van der Waals surface area (Å²) in [6.45, 7) is 0.884. The van der Waals surface area contributed by atoms with Crippen LogP contribution in [0.15, 0.2) is 53.4 Å². The molecule has 2 aromatic carbocycles. The predicted octanol–water partition coefficient (Wildman–Crippen LogP) is 2.40. The molecule has 2 aromatic rings. The van der Waals surface area contributed by atoms with Gasteiger partial charge in [0.15, 0.2) is 0 Å². The molecular formula is C19H22N2O5S. The van der Waals surface area contributed by atoms with Crippen LogP contribution in [0.5, 0.6) is 5.75 Å². The number of carbonyl (C=O) groups excluding carboxylic acids is 1. The number of rotatable bonds is 7. The lowest BCUT2D eigenvalue weighted by Gasteiger charge is -2.12. The van der Waals surface area contributed by atoms with Crippen molar-refractivity contribution in [3.05, 3.63) is 54.1 Å². The van der Waals surface area contributed by atoms with Crippen molar-refractivity contribution in [3.63, 3.8) is 0 Å². The van der Waals surface area contributed by atoms with E-state index in [9.17, 15) is 13.2 Å². The number of anilines is 1. The van der Waals surface area contributed by atoms with Gasteiger partial charge in [0, 0.05) is 30.5 Å². The van der Waals surface area contributed by atoms with Gasteiger partial charge in [-0.25, -0.2) is 13.1 Å². The van der Waals surface area contributed by atoms with E-state index in [1.54, 1.807) is 43.5 Å². The number of methoxy groups -OCH3 is 1. The lowest BCUT2D eigenvalue weighted by Crippen LogP contribution is -2.32. The lowest BCUT2D eigenvalue weighted by atomic mass is 10.2. The molecule has 0 radical (unpaired) electrons. The predicted molar refractivity (Wildman–Crippen MR) is 102 cm³/mol. The third-order valence-electron chi connectivity index (χ3n) is 4.26. The number of sulfonamides is 1. The Kier molecular flexibility index (Phi) is 6.10. The van der Waals surface area contributed by atoms with Crippen molar-refractivity contribution in [3.8, 4) is 5.75 Å². The molecular weight excluding hydrogens is 368 g/mol. The number of hydrogen-bond donors (Lipinski definition) is 2. The Hall–Kier alpha value is -2.42. The van der Waals surface area contributed by atoms with Crippen molar-refractivity contribution in [2.24, 2.45) is 0 Å². The van der Waals surface area contributed by atoms with Gasteiger partial charge in [-0.3, -0.25) is 4.79 Å². The van der Waals surface area contributed by atoms with Crippen molar-refractivity contribution >= 4 is 21.6 Å². The van der Waals surface area contributed by atoms with Crippen LogP contribution in [0.4, 0.5) is 5.69 Å². The van der Waals surface area contributed by atoms with Crippen LogP contribution in [-0.2, 0) is 14.8 Å². The number of hydrogen-bond acceptors (Lipinski definition) is 5. The van der Waals surface area contributed by atoms with E-state index in [0.717, 1.165) is 12.8 Å². The molecule has 3 rings (SSSR count). The molecule has 1 aliphatic rings. The molecule has 1 amide bonds. The molecule has 1 unspecified atom stereocenters. The highest BCUT2D eigenvalue weighted by molar-refractivity contribution is 7.89. The van der Waals surface area contributed by atoms with Gasteiger partial charge in [0.05, 0.1) is 18.1 Å². The molecule has 27 heavy (non-hydrogen) atoms. The summed E-state index contributed by atoms with van der Waals surface area (Å²) in [6.07, 6.45) is 1.68. The summed E-state index contributed by atoms with van der Waals surface area (Å²) in [5.41, 5.74) is 0.807. The Bertz CT molecular complexity index is 908. The largest absolute Gasteiger partial charge is 0.497 e. The zero-order chi connectivity index (χ0) is 19.3. The third-order valence-corrected chi connectivity index (χ3v) is 5.68. The van der Waals surface area contributed by atoms with Gasteiger partial charge in [0.1, 0.15) is 5.75 Å². The summed E-state index contributed by atoms with van der Waals surface area (Å²) in [4.78, 5) is 12.5. The molecule has 7 nitrogen and oxygen atoms in total. The molecule has 0 spiro atoms. The minimum absolute atomic E-state index is 0.0405. The topological polar surface area (TPSA) is 93.7 Å². The second-order valence-electron chi connectivity index (χ2n) is 6.20. The number of amides is 1. The van der Waals surface area contributed by atoms with Crippen molar-refractivity contribution in [2.45, 2.75) is 23.8 Å². The molecule has 1 fully saturated rings. The van der Waals surface area contributed by atoms with Gasteiger partial charge in [-0.2, -0.15) is 0 Å². The molecule has 0 aromatic heterocycles. The maximum Gasteiger partial charge on any atom is 0.255 e. The number of benzene rings is 2. The van der Waals surface area contributed by atoms with Crippen LogP contribution in [0, 0.1) is 0 Å². The van der Waals surface area contributed by atoms with E-state index in [4.69, 9.17) is 9.47 Å². The molecule has 1 heterocycles. The van der Waals surface area contributed by atoms with Crippen LogP contribution in [-0.4, -0.2) is 40.7 Å². The summed E-state index contributed by atoms with van der Waals surface area (Å²) in [5, 5.41) is 2.73. The van der Waals surface area contributed by atoms with E-state index in [-0.39, 0.29) is 23.1 Å². The van der Waals surface area contributed by atoms with E-state index in [1.807, 2.05) is 0 Å². The highest BCUT2D eigenvalue weighted by Gasteiger charge is 2.21. The molecule has 144 valence electrons. The summed E-state index contributed by atoms with van der Waals surface area (Å²) in [7, 11) is -2.18. The molecule has 0 aliphatic carbocycles. The van der Waals surface area contributed by atoms with Crippen LogP contribution in [0.3, 0.4) is 0 Å². The summed E-state index contributed by atoms with van der Waals surface area (Å²) < 4.78 is 38.1. The Morgan fingerprint density at radius 1 is 1.22 bits per heavy atom. The highest BCUT2D eigenvalue weighted by Crippen LogP contribution is 2.19. The van der Waals surface area contributed by atoms with Crippen molar-refractivity contribution in [1.29, 1.82) is 0 Å². The molecule has 1 atom stereocenters. The van der Waals surface area contributed by atoms with Gasteiger partial charge in [-0.15, -0.1) is 0 Å². The number of nitrogens with one attached hydrogen (secondary N) is 2. The number of ether oxygens (including phenoxy) is 2. The van der Waals surface area contributed by atoms with Gasteiger partial charge in [0.25, 0.3) is 5.91 Å².